The largest absolute Gasteiger partial charge is 0.464 e. The van der Waals surface area contributed by atoms with Gasteiger partial charge in [0.2, 0.25) is 5.91 Å². The molecule has 0 aliphatic rings. The molecule has 116 valence electrons. The third-order valence-corrected chi connectivity index (χ3v) is 3.08. The minimum atomic E-state index is -0.680. The van der Waals surface area contributed by atoms with E-state index < -0.39 is 17.8 Å². The molecule has 0 radical (unpaired) electrons. The smallest absolute Gasteiger partial charge is 0.328 e. The van der Waals surface area contributed by atoms with Gasteiger partial charge in [-0.2, -0.15) is 0 Å². The summed E-state index contributed by atoms with van der Waals surface area (Å²) in [4.78, 5) is 23.7. The van der Waals surface area contributed by atoms with Crippen LogP contribution in [-0.4, -0.2) is 24.5 Å². The summed E-state index contributed by atoms with van der Waals surface area (Å²) in [6.07, 6.45) is 2.08. The highest BCUT2D eigenvalue weighted by Gasteiger charge is 2.20. The van der Waals surface area contributed by atoms with E-state index >= 15 is 0 Å². The Morgan fingerprint density at radius 1 is 1.29 bits per heavy atom. The number of halogens is 1. The van der Waals surface area contributed by atoms with Gasteiger partial charge in [-0.25, -0.2) is 9.18 Å². The van der Waals surface area contributed by atoms with Crippen LogP contribution in [0.3, 0.4) is 0 Å². The maximum atomic E-state index is 13.5. The lowest BCUT2D eigenvalue weighted by atomic mass is 10.1. The van der Waals surface area contributed by atoms with Crippen LogP contribution in [0.4, 0.5) is 4.39 Å². The zero-order valence-corrected chi connectivity index (χ0v) is 12.5. The van der Waals surface area contributed by atoms with Crippen molar-refractivity contribution in [2.75, 3.05) is 6.61 Å². The number of hydrogen-bond acceptors (Lipinski definition) is 3. The summed E-state index contributed by atoms with van der Waals surface area (Å²) < 4.78 is 18.5. The van der Waals surface area contributed by atoms with Gasteiger partial charge < -0.3 is 10.1 Å². The number of hydrogen-bond donors (Lipinski definition) is 1. The second kappa shape index (κ2) is 9.10. The van der Waals surface area contributed by atoms with Crippen molar-refractivity contribution in [2.24, 2.45) is 0 Å². The molecule has 0 spiro atoms. The molecule has 1 aromatic carbocycles. The molecule has 1 aromatic rings. The SMILES string of the molecule is CCCCOC(=O)C(CC)NC(=O)Cc1ccccc1F. The maximum absolute atomic E-state index is 13.5. The Labute approximate surface area is 124 Å². The lowest BCUT2D eigenvalue weighted by molar-refractivity contribution is -0.148. The molecule has 5 heteroatoms. The van der Waals surface area contributed by atoms with Gasteiger partial charge in [-0.15, -0.1) is 0 Å². The minimum Gasteiger partial charge on any atom is -0.464 e. The van der Waals surface area contributed by atoms with Crippen molar-refractivity contribution in [3.05, 3.63) is 35.6 Å². The number of unbranched alkanes of at least 4 members (excludes halogenated alkanes) is 1. The molecule has 4 nitrogen and oxygen atoms in total. The standard InChI is InChI=1S/C16H22FNO3/c1-3-5-10-21-16(20)14(4-2)18-15(19)11-12-8-6-7-9-13(12)17/h6-9,14H,3-5,10-11H2,1-2H3,(H,18,19). The Morgan fingerprint density at radius 2 is 2.00 bits per heavy atom. The minimum absolute atomic E-state index is 0.0919. The van der Waals surface area contributed by atoms with E-state index in [9.17, 15) is 14.0 Å². The maximum Gasteiger partial charge on any atom is 0.328 e. The monoisotopic (exact) mass is 295 g/mol. The number of nitrogens with one attached hydrogen (secondary N) is 1. The fourth-order valence-electron chi connectivity index (χ4n) is 1.81. The molecule has 1 N–H and O–H groups in total. The summed E-state index contributed by atoms with van der Waals surface area (Å²) in [6.45, 7) is 4.14. The van der Waals surface area contributed by atoms with Crippen molar-refractivity contribution in [3.8, 4) is 0 Å². The molecule has 0 aliphatic carbocycles. The Kier molecular flexibility index (Phi) is 7.43. The van der Waals surface area contributed by atoms with Crippen molar-refractivity contribution >= 4 is 11.9 Å². The summed E-state index contributed by atoms with van der Waals surface area (Å²) >= 11 is 0. The van der Waals surface area contributed by atoms with Gasteiger partial charge in [0.1, 0.15) is 11.9 Å². The van der Waals surface area contributed by atoms with E-state index in [1.165, 1.54) is 6.07 Å². The summed E-state index contributed by atoms with van der Waals surface area (Å²) in [5, 5.41) is 2.59. The molecule has 0 aliphatic heterocycles. The van der Waals surface area contributed by atoms with Crippen molar-refractivity contribution in [1.29, 1.82) is 0 Å². The highest BCUT2D eigenvalue weighted by molar-refractivity contribution is 5.85. The molecule has 0 aromatic heterocycles. The lowest BCUT2D eigenvalue weighted by Crippen LogP contribution is -2.42. The van der Waals surface area contributed by atoms with Crippen LogP contribution in [0.2, 0.25) is 0 Å². The molecule has 1 unspecified atom stereocenters. The number of rotatable bonds is 8. The van der Waals surface area contributed by atoms with E-state index in [4.69, 9.17) is 4.74 Å². The number of benzene rings is 1. The summed E-state index contributed by atoms with van der Waals surface area (Å²) in [5.41, 5.74) is 0.309. The van der Waals surface area contributed by atoms with Crippen LogP contribution in [0, 0.1) is 5.82 Å². The fraction of sp³-hybridized carbons (Fsp3) is 0.500. The Bertz CT molecular complexity index is 476. The highest BCUT2D eigenvalue weighted by atomic mass is 19.1. The molecule has 0 heterocycles. The van der Waals surface area contributed by atoms with Crippen LogP contribution in [0.5, 0.6) is 0 Å². The number of amides is 1. The van der Waals surface area contributed by atoms with E-state index in [1.54, 1.807) is 25.1 Å². The highest BCUT2D eigenvalue weighted by Crippen LogP contribution is 2.07. The second-order valence-electron chi connectivity index (χ2n) is 4.82. The van der Waals surface area contributed by atoms with Gasteiger partial charge in [-0.3, -0.25) is 4.79 Å². The van der Waals surface area contributed by atoms with Crippen LogP contribution >= 0.6 is 0 Å². The van der Waals surface area contributed by atoms with Gasteiger partial charge in [0.05, 0.1) is 13.0 Å². The van der Waals surface area contributed by atoms with Gasteiger partial charge in [-0.1, -0.05) is 38.5 Å². The first-order chi connectivity index (χ1) is 10.1. The predicted octanol–water partition coefficient (Wildman–Crippen LogP) is 2.61. The van der Waals surface area contributed by atoms with E-state index in [2.05, 4.69) is 5.32 Å². The van der Waals surface area contributed by atoms with Crippen LogP contribution in [-0.2, 0) is 20.7 Å². The quantitative estimate of drug-likeness (QED) is 0.592. The second-order valence-corrected chi connectivity index (χ2v) is 4.82. The molecule has 1 rings (SSSR count). The van der Waals surface area contributed by atoms with Crippen molar-refractivity contribution in [2.45, 2.75) is 45.6 Å². The number of carbonyl (C=O) groups excluding carboxylic acids is 2. The van der Waals surface area contributed by atoms with Crippen molar-refractivity contribution in [3.63, 3.8) is 0 Å². The molecule has 0 saturated carbocycles. The summed E-state index contributed by atoms with van der Waals surface area (Å²) in [6, 6.07) is 5.41. The van der Waals surface area contributed by atoms with Crippen molar-refractivity contribution < 1.29 is 18.7 Å². The predicted molar refractivity (Wildman–Crippen MR) is 78.2 cm³/mol. The topological polar surface area (TPSA) is 55.4 Å². The zero-order chi connectivity index (χ0) is 15.7. The van der Waals surface area contributed by atoms with E-state index in [0.717, 1.165) is 12.8 Å². The molecular weight excluding hydrogens is 273 g/mol. The normalized spacial score (nSPS) is 11.8. The van der Waals surface area contributed by atoms with Gasteiger partial charge in [0, 0.05) is 0 Å². The first-order valence-corrected chi connectivity index (χ1v) is 7.27. The van der Waals surface area contributed by atoms with Gasteiger partial charge in [0.25, 0.3) is 0 Å². The molecule has 0 fully saturated rings. The fourth-order valence-corrected chi connectivity index (χ4v) is 1.81. The van der Waals surface area contributed by atoms with E-state index in [1.807, 2.05) is 6.92 Å². The molecule has 0 saturated heterocycles. The lowest BCUT2D eigenvalue weighted by Gasteiger charge is -2.16. The summed E-state index contributed by atoms with van der Waals surface area (Å²) in [7, 11) is 0. The van der Waals surface area contributed by atoms with E-state index in [-0.39, 0.29) is 12.3 Å². The van der Waals surface area contributed by atoms with Gasteiger partial charge in [-0.05, 0) is 24.5 Å². The number of carbonyl (C=O) groups is 2. The third kappa shape index (κ3) is 5.94. The zero-order valence-electron chi connectivity index (χ0n) is 12.5. The van der Waals surface area contributed by atoms with Crippen LogP contribution in [0.15, 0.2) is 24.3 Å². The van der Waals surface area contributed by atoms with Crippen LogP contribution in [0.25, 0.3) is 0 Å². The van der Waals surface area contributed by atoms with Crippen LogP contribution in [0.1, 0.15) is 38.7 Å². The Balaban J connectivity index is 2.51. The molecular formula is C16H22FNO3. The third-order valence-electron chi connectivity index (χ3n) is 3.08. The first-order valence-electron chi connectivity index (χ1n) is 7.27. The Morgan fingerprint density at radius 3 is 2.62 bits per heavy atom. The summed E-state index contributed by atoms with van der Waals surface area (Å²) in [5.74, 6) is -1.25. The van der Waals surface area contributed by atoms with Crippen molar-refractivity contribution in [1.82, 2.24) is 5.32 Å². The average molecular weight is 295 g/mol. The first kappa shape index (κ1) is 17.1. The number of esters is 1. The molecule has 1 atom stereocenters. The van der Waals surface area contributed by atoms with Gasteiger partial charge >= 0.3 is 5.97 Å². The molecule has 1 amide bonds. The molecule has 0 bridgehead atoms. The van der Waals surface area contributed by atoms with E-state index in [0.29, 0.717) is 18.6 Å². The average Bonchev–Trinajstić information content (AvgIpc) is 2.47. The number of ether oxygens (including phenoxy) is 1. The molecule has 21 heavy (non-hydrogen) atoms. The van der Waals surface area contributed by atoms with Crippen LogP contribution < -0.4 is 5.32 Å². The Hall–Kier alpha value is -1.91. The van der Waals surface area contributed by atoms with Gasteiger partial charge in [0.15, 0.2) is 0 Å².